The average molecular weight is 491 g/mol. The van der Waals surface area contributed by atoms with Crippen molar-refractivity contribution in [2.24, 2.45) is 10.9 Å². The molecule has 0 aliphatic carbocycles. The first-order valence-electron chi connectivity index (χ1n) is 8.10. The van der Waals surface area contributed by atoms with Crippen LogP contribution in [-0.4, -0.2) is 49.1 Å². The molecule has 0 atom stereocenters. The van der Waals surface area contributed by atoms with Crippen molar-refractivity contribution >= 4 is 41.3 Å². The number of aliphatic imine (C=N–C) groups is 1. The summed E-state index contributed by atoms with van der Waals surface area (Å²) in [6.45, 7) is 5.82. The maximum atomic E-state index is 12.6. The van der Waals surface area contributed by atoms with E-state index in [4.69, 9.17) is 0 Å². The largest absolute Gasteiger partial charge is 0.434 e. The van der Waals surface area contributed by atoms with E-state index in [0.29, 0.717) is 23.4 Å². The van der Waals surface area contributed by atoms with Crippen LogP contribution in [0.15, 0.2) is 10.4 Å². The van der Waals surface area contributed by atoms with Gasteiger partial charge in [-0.2, -0.15) is 13.2 Å². The SMILES string of the molecule is CCNC(=NCc1nc(C(F)(F)F)cs1)NCC1CCN(C)CC1.I. The Balaban J connectivity index is 0.00000312. The maximum Gasteiger partial charge on any atom is 0.434 e. The van der Waals surface area contributed by atoms with Crippen molar-refractivity contribution in [3.8, 4) is 0 Å². The van der Waals surface area contributed by atoms with Crippen LogP contribution in [0.1, 0.15) is 30.5 Å². The molecule has 0 bridgehead atoms. The molecule has 25 heavy (non-hydrogen) atoms. The number of nitrogens with one attached hydrogen (secondary N) is 2. The Morgan fingerprint density at radius 2 is 2.04 bits per heavy atom. The lowest BCUT2D eigenvalue weighted by atomic mass is 9.97. The first-order chi connectivity index (χ1) is 11.4. The van der Waals surface area contributed by atoms with Crippen LogP contribution in [0.4, 0.5) is 13.2 Å². The second-order valence-electron chi connectivity index (χ2n) is 5.95. The van der Waals surface area contributed by atoms with Gasteiger partial charge < -0.3 is 15.5 Å². The first kappa shape index (κ1) is 22.4. The van der Waals surface area contributed by atoms with Crippen molar-refractivity contribution in [1.29, 1.82) is 0 Å². The van der Waals surface area contributed by atoms with Gasteiger partial charge in [-0.3, -0.25) is 0 Å². The van der Waals surface area contributed by atoms with E-state index < -0.39 is 11.9 Å². The normalized spacial score (nSPS) is 17.2. The van der Waals surface area contributed by atoms with Gasteiger partial charge in [-0.05, 0) is 45.8 Å². The van der Waals surface area contributed by atoms with Gasteiger partial charge in [0, 0.05) is 18.5 Å². The Morgan fingerprint density at radius 3 is 2.60 bits per heavy atom. The third kappa shape index (κ3) is 7.65. The zero-order chi connectivity index (χ0) is 17.6. The van der Waals surface area contributed by atoms with E-state index >= 15 is 0 Å². The van der Waals surface area contributed by atoms with Gasteiger partial charge in [0.2, 0.25) is 0 Å². The predicted octanol–water partition coefficient (Wildman–Crippen LogP) is 3.18. The lowest BCUT2D eigenvalue weighted by Crippen LogP contribution is -2.42. The average Bonchev–Trinajstić information content (AvgIpc) is 3.01. The summed E-state index contributed by atoms with van der Waals surface area (Å²) in [6.07, 6.45) is -2.11. The van der Waals surface area contributed by atoms with Gasteiger partial charge >= 0.3 is 6.18 Å². The Labute approximate surface area is 167 Å². The maximum absolute atomic E-state index is 12.6. The van der Waals surface area contributed by atoms with Gasteiger partial charge in [0.1, 0.15) is 5.01 Å². The summed E-state index contributed by atoms with van der Waals surface area (Å²) in [7, 11) is 2.12. The second-order valence-corrected chi connectivity index (χ2v) is 6.89. The number of aromatic nitrogens is 1. The van der Waals surface area contributed by atoms with Gasteiger partial charge in [0.05, 0.1) is 6.54 Å². The summed E-state index contributed by atoms with van der Waals surface area (Å²) in [5.41, 5.74) is -0.845. The van der Waals surface area contributed by atoms with Crippen LogP contribution in [-0.2, 0) is 12.7 Å². The fraction of sp³-hybridized carbons (Fsp3) is 0.733. The summed E-state index contributed by atoms with van der Waals surface area (Å²) in [5.74, 6) is 1.22. The zero-order valence-electron chi connectivity index (χ0n) is 14.4. The Kier molecular flexibility index (Phi) is 9.43. The lowest BCUT2D eigenvalue weighted by molar-refractivity contribution is -0.140. The van der Waals surface area contributed by atoms with Crippen molar-refractivity contribution in [2.75, 3.05) is 33.2 Å². The topological polar surface area (TPSA) is 52.6 Å². The molecule has 1 saturated heterocycles. The monoisotopic (exact) mass is 491 g/mol. The van der Waals surface area contributed by atoms with E-state index in [0.717, 1.165) is 49.2 Å². The molecule has 0 saturated carbocycles. The van der Waals surface area contributed by atoms with Gasteiger partial charge in [0.15, 0.2) is 11.7 Å². The van der Waals surface area contributed by atoms with Gasteiger partial charge in [-0.15, -0.1) is 35.3 Å². The molecule has 1 aromatic heterocycles. The fourth-order valence-corrected chi connectivity index (χ4v) is 3.23. The third-order valence-electron chi connectivity index (χ3n) is 3.96. The first-order valence-corrected chi connectivity index (χ1v) is 8.98. The number of rotatable bonds is 5. The number of nitrogens with zero attached hydrogens (tertiary/aromatic N) is 3. The molecule has 2 rings (SSSR count). The van der Waals surface area contributed by atoms with E-state index in [1.54, 1.807) is 0 Å². The lowest BCUT2D eigenvalue weighted by Gasteiger charge is -2.29. The summed E-state index contributed by atoms with van der Waals surface area (Å²) in [4.78, 5) is 10.3. The minimum atomic E-state index is -4.39. The molecule has 1 fully saturated rings. The van der Waals surface area contributed by atoms with E-state index in [1.165, 1.54) is 0 Å². The van der Waals surface area contributed by atoms with Crippen LogP contribution in [0.25, 0.3) is 0 Å². The van der Waals surface area contributed by atoms with Crippen molar-refractivity contribution in [3.63, 3.8) is 0 Å². The molecule has 1 aromatic rings. The minimum Gasteiger partial charge on any atom is -0.357 e. The van der Waals surface area contributed by atoms with E-state index in [-0.39, 0.29) is 30.5 Å². The molecule has 0 unspecified atom stereocenters. The highest BCUT2D eigenvalue weighted by atomic mass is 127. The molecule has 0 amide bonds. The summed E-state index contributed by atoms with van der Waals surface area (Å²) < 4.78 is 37.7. The van der Waals surface area contributed by atoms with Gasteiger partial charge in [-0.1, -0.05) is 0 Å². The highest BCUT2D eigenvalue weighted by molar-refractivity contribution is 14.0. The fourth-order valence-electron chi connectivity index (χ4n) is 2.51. The van der Waals surface area contributed by atoms with Crippen LogP contribution in [0.3, 0.4) is 0 Å². The van der Waals surface area contributed by atoms with Crippen molar-refractivity contribution in [1.82, 2.24) is 20.5 Å². The molecule has 144 valence electrons. The molecule has 10 heteroatoms. The standard InChI is InChI=1S/C15H24F3N5S.HI/c1-3-19-14(20-8-11-4-6-23(2)7-5-11)21-9-13-22-12(10-24-13)15(16,17)18;/h10-11H,3-9H2,1-2H3,(H2,19,20,21);1H. The number of halogens is 4. The number of piperidine rings is 1. The van der Waals surface area contributed by atoms with Gasteiger partial charge in [0.25, 0.3) is 0 Å². The van der Waals surface area contributed by atoms with Crippen LogP contribution >= 0.6 is 35.3 Å². The molecular weight excluding hydrogens is 466 g/mol. The molecule has 2 N–H and O–H groups in total. The number of guanidine groups is 1. The minimum absolute atomic E-state index is 0. The quantitative estimate of drug-likeness (QED) is 0.378. The van der Waals surface area contributed by atoms with E-state index in [9.17, 15) is 13.2 Å². The Morgan fingerprint density at radius 1 is 1.36 bits per heavy atom. The summed E-state index contributed by atoms with van der Waals surface area (Å²) in [5, 5.41) is 7.80. The molecule has 0 aromatic carbocycles. The predicted molar refractivity (Wildman–Crippen MR) is 106 cm³/mol. The second kappa shape index (κ2) is 10.5. The molecule has 5 nitrogen and oxygen atoms in total. The highest BCUT2D eigenvalue weighted by Gasteiger charge is 2.33. The molecule has 2 heterocycles. The highest BCUT2D eigenvalue weighted by Crippen LogP contribution is 2.30. The van der Waals surface area contributed by atoms with Gasteiger partial charge in [-0.25, -0.2) is 9.98 Å². The number of hydrogen-bond donors (Lipinski definition) is 2. The number of alkyl halides is 3. The van der Waals surface area contributed by atoms with Crippen molar-refractivity contribution in [3.05, 3.63) is 16.1 Å². The van der Waals surface area contributed by atoms with Crippen LogP contribution < -0.4 is 10.6 Å². The van der Waals surface area contributed by atoms with Crippen LogP contribution in [0, 0.1) is 5.92 Å². The summed E-state index contributed by atoms with van der Waals surface area (Å²) >= 11 is 0.984. The van der Waals surface area contributed by atoms with Crippen LogP contribution in [0.2, 0.25) is 0 Å². The van der Waals surface area contributed by atoms with E-state index in [1.807, 2.05) is 6.92 Å². The molecule has 1 aliphatic rings. The Hall–Kier alpha value is -0.620. The molecule has 0 spiro atoms. The van der Waals surface area contributed by atoms with Crippen LogP contribution in [0.5, 0.6) is 0 Å². The smallest absolute Gasteiger partial charge is 0.357 e. The number of likely N-dealkylation sites (tertiary alicyclic amines) is 1. The number of thiazole rings is 1. The third-order valence-corrected chi connectivity index (χ3v) is 4.79. The van der Waals surface area contributed by atoms with Crippen molar-refractivity contribution < 1.29 is 13.2 Å². The zero-order valence-corrected chi connectivity index (χ0v) is 17.5. The molecule has 0 radical (unpaired) electrons. The Bertz CT molecular complexity index is 542. The number of hydrogen-bond acceptors (Lipinski definition) is 4. The van der Waals surface area contributed by atoms with Crippen molar-refractivity contribution in [2.45, 2.75) is 32.5 Å². The van der Waals surface area contributed by atoms with E-state index in [2.05, 4.69) is 32.6 Å². The summed E-state index contributed by atoms with van der Waals surface area (Å²) in [6, 6.07) is 0. The molecule has 1 aliphatic heterocycles. The molecular formula is C15H25F3IN5S.